The quantitative estimate of drug-likeness (QED) is 0.775. The molecule has 0 spiro atoms. The zero-order valence-corrected chi connectivity index (χ0v) is 17.2. The van der Waals surface area contributed by atoms with Gasteiger partial charge in [-0.25, -0.2) is 4.79 Å². The van der Waals surface area contributed by atoms with Gasteiger partial charge in [0, 0.05) is 30.9 Å². The van der Waals surface area contributed by atoms with Crippen molar-refractivity contribution in [3.05, 3.63) is 30.1 Å². The van der Waals surface area contributed by atoms with Crippen LogP contribution < -0.4 is 0 Å². The molecule has 0 saturated carbocycles. The smallest absolute Gasteiger partial charge is 0.410 e. The summed E-state index contributed by atoms with van der Waals surface area (Å²) in [6.07, 6.45) is 10.7. The van der Waals surface area contributed by atoms with Crippen LogP contribution in [0.25, 0.3) is 0 Å². The highest BCUT2D eigenvalue weighted by Crippen LogP contribution is 2.39. The highest BCUT2D eigenvalue weighted by molar-refractivity contribution is 5.68. The predicted molar refractivity (Wildman–Crippen MR) is 108 cm³/mol. The maximum atomic E-state index is 12.4. The number of nitrogens with zero attached hydrogens (tertiary/aromatic N) is 3. The lowest BCUT2D eigenvalue weighted by Crippen LogP contribution is -2.47. The Balaban J connectivity index is 1.63. The van der Waals surface area contributed by atoms with E-state index in [-0.39, 0.29) is 11.5 Å². The van der Waals surface area contributed by atoms with Crippen molar-refractivity contribution in [1.29, 1.82) is 0 Å². The summed E-state index contributed by atoms with van der Waals surface area (Å²) in [6.45, 7) is 11.0. The van der Waals surface area contributed by atoms with E-state index in [2.05, 4.69) is 16.0 Å². The largest absolute Gasteiger partial charge is 0.444 e. The minimum Gasteiger partial charge on any atom is -0.444 e. The number of aromatic nitrogens is 1. The molecule has 0 bridgehead atoms. The number of carbonyl (C=O) groups excluding carboxylic acids is 1. The van der Waals surface area contributed by atoms with E-state index in [0.717, 1.165) is 32.4 Å². The summed E-state index contributed by atoms with van der Waals surface area (Å²) in [5.41, 5.74) is 1.02. The molecule has 0 radical (unpaired) electrons. The second-order valence-corrected chi connectivity index (χ2v) is 9.14. The first-order chi connectivity index (χ1) is 12.9. The molecule has 1 amide bonds. The standard InChI is InChI=1S/C22H35N3O2/c1-21(2,3)27-20(26)25-16-10-22(11-17-25,19-8-6-12-23-18-19)9-7-15-24-13-4-5-14-24/h6,8,12,18H,4-5,7,9-11,13-17H2,1-3H3. The molecule has 0 aromatic carbocycles. The molecule has 2 aliphatic rings. The van der Waals surface area contributed by atoms with Gasteiger partial charge in [-0.05, 0) is 90.6 Å². The Kier molecular flexibility index (Phi) is 6.40. The number of pyridine rings is 1. The summed E-state index contributed by atoms with van der Waals surface area (Å²) in [4.78, 5) is 21.3. The van der Waals surface area contributed by atoms with Gasteiger partial charge in [-0.2, -0.15) is 0 Å². The van der Waals surface area contributed by atoms with Crippen LogP contribution in [0.4, 0.5) is 4.79 Å². The van der Waals surface area contributed by atoms with E-state index >= 15 is 0 Å². The number of rotatable bonds is 5. The first kappa shape index (κ1) is 20.1. The lowest BCUT2D eigenvalue weighted by atomic mass is 9.70. The van der Waals surface area contributed by atoms with Gasteiger partial charge in [0.2, 0.25) is 0 Å². The Labute approximate surface area is 164 Å². The van der Waals surface area contributed by atoms with E-state index in [9.17, 15) is 4.79 Å². The minimum atomic E-state index is -0.440. The molecule has 5 nitrogen and oxygen atoms in total. The Morgan fingerprint density at radius 1 is 1.19 bits per heavy atom. The maximum Gasteiger partial charge on any atom is 0.410 e. The summed E-state index contributed by atoms with van der Waals surface area (Å²) in [5, 5.41) is 0. The van der Waals surface area contributed by atoms with Crippen molar-refractivity contribution >= 4 is 6.09 Å². The van der Waals surface area contributed by atoms with Crippen molar-refractivity contribution < 1.29 is 9.53 Å². The van der Waals surface area contributed by atoms with Crippen LogP contribution in [0, 0.1) is 0 Å². The molecule has 0 atom stereocenters. The number of carbonyl (C=O) groups is 1. The molecule has 3 heterocycles. The van der Waals surface area contributed by atoms with Crippen molar-refractivity contribution in [3.63, 3.8) is 0 Å². The molecule has 2 saturated heterocycles. The predicted octanol–water partition coefficient (Wildman–Crippen LogP) is 4.23. The number of hydrogen-bond donors (Lipinski definition) is 0. The van der Waals surface area contributed by atoms with Gasteiger partial charge in [0.1, 0.15) is 5.60 Å². The Hall–Kier alpha value is -1.62. The van der Waals surface area contributed by atoms with E-state index in [1.165, 1.54) is 44.5 Å². The van der Waals surface area contributed by atoms with E-state index in [4.69, 9.17) is 4.74 Å². The SMILES string of the molecule is CC(C)(C)OC(=O)N1CCC(CCCN2CCCC2)(c2cccnc2)CC1. The first-order valence-corrected chi connectivity index (χ1v) is 10.5. The van der Waals surface area contributed by atoms with E-state index in [1.807, 2.05) is 44.1 Å². The molecule has 2 aliphatic heterocycles. The fourth-order valence-corrected chi connectivity index (χ4v) is 4.45. The zero-order chi connectivity index (χ0) is 19.3. The molecule has 3 rings (SSSR count). The van der Waals surface area contributed by atoms with Gasteiger partial charge in [-0.3, -0.25) is 4.98 Å². The molecule has 150 valence electrons. The summed E-state index contributed by atoms with van der Waals surface area (Å²) >= 11 is 0. The van der Waals surface area contributed by atoms with Gasteiger partial charge < -0.3 is 14.5 Å². The van der Waals surface area contributed by atoms with Crippen LogP contribution in [-0.4, -0.2) is 59.2 Å². The third-order valence-corrected chi connectivity index (χ3v) is 5.97. The number of ether oxygens (including phenoxy) is 1. The van der Waals surface area contributed by atoms with Gasteiger partial charge in [0.15, 0.2) is 0 Å². The van der Waals surface area contributed by atoms with Gasteiger partial charge in [-0.15, -0.1) is 0 Å². The Morgan fingerprint density at radius 2 is 1.89 bits per heavy atom. The lowest BCUT2D eigenvalue weighted by Gasteiger charge is -2.42. The molecule has 2 fully saturated rings. The molecule has 1 aromatic rings. The van der Waals surface area contributed by atoms with Crippen LogP contribution in [0.3, 0.4) is 0 Å². The van der Waals surface area contributed by atoms with Gasteiger partial charge in [0.05, 0.1) is 0 Å². The van der Waals surface area contributed by atoms with E-state index < -0.39 is 5.60 Å². The molecule has 0 unspecified atom stereocenters. The summed E-state index contributed by atoms with van der Waals surface area (Å²) < 4.78 is 5.57. The molecule has 1 aromatic heterocycles. The number of hydrogen-bond acceptors (Lipinski definition) is 4. The molecular formula is C22H35N3O2. The monoisotopic (exact) mass is 373 g/mol. The van der Waals surface area contributed by atoms with Crippen molar-refractivity contribution in [1.82, 2.24) is 14.8 Å². The fourth-order valence-electron chi connectivity index (χ4n) is 4.45. The zero-order valence-electron chi connectivity index (χ0n) is 17.2. The number of amides is 1. The first-order valence-electron chi connectivity index (χ1n) is 10.5. The van der Waals surface area contributed by atoms with Gasteiger partial charge in [-0.1, -0.05) is 6.07 Å². The summed E-state index contributed by atoms with van der Waals surface area (Å²) in [7, 11) is 0. The van der Waals surface area contributed by atoms with Crippen molar-refractivity contribution in [2.75, 3.05) is 32.7 Å². The van der Waals surface area contributed by atoms with Crippen LogP contribution in [-0.2, 0) is 10.2 Å². The average molecular weight is 374 g/mol. The van der Waals surface area contributed by atoms with E-state index in [0.29, 0.717) is 0 Å². The Morgan fingerprint density at radius 3 is 2.48 bits per heavy atom. The van der Waals surface area contributed by atoms with E-state index in [1.54, 1.807) is 0 Å². The summed E-state index contributed by atoms with van der Waals surface area (Å²) in [5.74, 6) is 0. The highest BCUT2D eigenvalue weighted by atomic mass is 16.6. The molecule has 27 heavy (non-hydrogen) atoms. The van der Waals surface area contributed by atoms with Crippen LogP contribution in [0.15, 0.2) is 24.5 Å². The number of likely N-dealkylation sites (tertiary alicyclic amines) is 2. The maximum absolute atomic E-state index is 12.4. The highest BCUT2D eigenvalue weighted by Gasteiger charge is 2.38. The molecular weight excluding hydrogens is 338 g/mol. The Bertz CT molecular complexity index is 598. The van der Waals surface area contributed by atoms with Crippen molar-refractivity contribution in [2.24, 2.45) is 0 Å². The molecule has 0 aliphatic carbocycles. The molecule has 5 heteroatoms. The van der Waals surface area contributed by atoms with Crippen LogP contribution in [0.2, 0.25) is 0 Å². The third-order valence-electron chi connectivity index (χ3n) is 5.97. The second-order valence-electron chi connectivity index (χ2n) is 9.14. The summed E-state index contributed by atoms with van der Waals surface area (Å²) in [6, 6.07) is 4.25. The molecule has 0 N–H and O–H groups in total. The lowest BCUT2D eigenvalue weighted by molar-refractivity contribution is 0.0156. The van der Waals surface area contributed by atoms with Gasteiger partial charge in [0.25, 0.3) is 0 Å². The van der Waals surface area contributed by atoms with Crippen LogP contribution in [0.1, 0.15) is 64.9 Å². The van der Waals surface area contributed by atoms with Crippen molar-refractivity contribution in [2.45, 2.75) is 70.3 Å². The average Bonchev–Trinajstić information content (AvgIpc) is 3.15. The van der Waals surface area contributed by atoms with Crippen LogP contribution in [0.5, 0.6) is 0 Å². The normalized spacial score (nSPS) is 20.6. The number of piperidine rings is 1. The van der Waals surface area contributed by atoms with Crippen LogP contribution >= 0.6 is 0 Å². The van der Waals surface area contributed by atoms with Crippen molar-refractivity contribution in [3.8, 4) is 0 Å². The second kappa shape index (κ2) is 8.59. The minimum absolute atomic E-state index is 0.131. The van der Waals surface area contributed by atoms with Gasteiger partial charge >= 0.3 is 6.09 Å². The fraction of sp³-hybridized carbons (Fsp3) is 0.727. The third kappa shape index (κ3) is 5.44. The topological polar surface area (TPSA) is 45.7 Å².